The SMILES string of the molecule is CCOc1ccccc1C[C@H](Sc1ccccc1)C(=O)O. The van der Waals surface area contributed by atoms with E-state index in [1.807, 2.05) is 61.5 Å². The number of carboxylic acid groups (broad SMARTS) is 1. The molecule has 110 valence electrons. The smallest absolute Gasteiger partial charge is 0.317 e. The number of rotatable bonds is 7. The fourth-order valence-electron chi connectivity index (χ4n) is 2.01. The van der Waals surface area contributed by atoms with Crippen molar-refractivity contribution in [1.29, 1.82) is 0 Å². The van der Waals surface area contributed by atoms with Crippen LogP contribution in [0.4, 0.5) is 0 Å². The maximum Gasteiger partial charge on any atom is 0.317 e. The molecule has 2 aromatic carbocycles. The number of carboxylic acids is 1. The second-order valence-electron chi connectivity index (χ2n) is 4.50. The van der Waals surface area contributed by atoms with Gasteiger partial charge >= 0.3 is 5.97 Å². The minimum absolute atomic E-state index is 0.436. The third-order valence-corrected chi connectivity index (χ3v) is 4.17. The normalized spacial score (nSPS) is 11.9. The van der Waals surface area contributed by atoms with E-state index in [-0.39, 0.29) is 0 Å². The van der Waals surface area contributed by atoms with E-state index >= 15 is 0 Å². The van der Waals surface area contributed by atoms with Crippen LogP contribution in [0.1, 0.15) is 12.5 Å². The van der Waals surface area contributed by atoms with E-state index in [4.69, 9.17) is 4.74 Å². The summed E-state index contributed by atoms with van der Waals surface area (Å²) in [5, 5.41) is 8.92. The second-order valence-corrected chi connectivity index (χ2v) is 5.78. The molecule has 0 aliphatic rings. The molecule has 2 rings (SSSR count). The van der Waals surface area contributed by atoms with Crippen LogP contribution in [0.25, 0.3) is 0 Å². The molecule has 1 atom stereocenters. The molecule has 0 aromatic heterocycles. The average molecular weight is 302 g/mol. The molecule has 0 aliphatic carbocycles. The molecule has 0 bridgehead atoms. The maximum atomic E-state index is 11.5. The quantitative estimate of drug-likeness (QED) is 0.789. The monoisotopic (exact) mass is 302 g/mol. The maximum absolute atomic E-state index is 11.5. The van der Waals surface area contributed by atoms with Crippen LogP contribution in [0.2, 0.25) is 0 Å². The second kappa shape index (κ2) is 7.74. The summed E-state index contributed by atoms with van der Waals surface area (Å²) in [6.45, 7) is 2.49. The lowest BCUT2D eigenvalue weighted by molar-refractivity contribution is -0.136. The molecule has 0 fully saturated rings. The number of hydrogen-bond acceptors (Lipinski definition) is 3. The summed E-state index contributed by atoms with van der Waals surface area (Å²) >= 11 is 1.36. The van der Waals surface area contributed by atoms with Gasteiger partial charge in [0.05, 0.1) is 6.61 Å². The number of thioether (sulfide) groups is 1. The summed E-state index contributed by atoms with van der Waals surface area (Å²) in [7, 11) is 0. The number of aliphatic carboxylic acids is 1. The van der Waals surface area contributed by atoms with Crippen LogP contribution < -0.4 is 4.74 Å². The van der Waals surface area contributed by atoms with Gasteiger partial charge in [0.1, 0.15) is 11.0 Å². The van der Waals surface area contributed by atoms with Gasteiger partial charge < -0.3 is 9.84 Å². The molecular formula is C17H18O3S. The lowest BCUT2D eigenvalue weighted by Crippen LogP contribution is -2.19. The number of benzene rings is 2. The lowest BCUT2D eigenvalue weighted by atomic mass is 10.1. The van der Waals surface area contributed by atoms with Crippen molar-refractivity contribution in [3.63, 3.8) is 0 Å². The van der Waals surface area contributed by atoms with Crippen molar-refractivity contribution >= 4 is 17.7 Å². The van der Waals surface area contributed by atoms with Crippen LogP contribution in [-0.4, -0.2) is 22.9 Å². The molecule has 0 spiro atoms. The molecule has 0 unspecified atom stereocenters. The van der Waals surface area contributed by atoms with E-state index < -0.39 is 11.2 Å². The van der Waals surface area contributed by atoms with E-state index in [9.17, 15) is 9.90 Å². The first kappa shape index (κ1) is 15.4. The fourth-order valence-corrected chi connectivity index (χ4v) is 3.02. The predicted molar refractivity (Wildman–Crippen MR) is 85.0 cm³/mol. The standard InChI is InChI=1S/C17H18O3S/c1-2-20-15-11-7-6-8-13(15)12-16(17(18)19)21-14-9-4-3-5-10-14/h3-11,16H,2,12H2,1H3,(H,18,19)/t16-/m0/s1. The molecule has 1 N–H and O–H groups in total. The van der Waals surface area contributed by atoms with Crippen LogP contribution in [0.5, 0.6) is 5.75 Å². The van der Waals surface area contributed by atoms with Gasteiger partial charge in [0.15, 0.2) is 0 Å². The van der Waals surface area contributed by atoms with Crippen LogP contribution >= 0.6 is 11.8 Å². The van der Waals surface area contributed by atoms with Crippen molar-refractivity contribution in [3.8, 4) is 5.75 Å². The summed E-state index contributed by atoms with van der Waals surface area (Å²) < 4.78 is 5.57. The Morgan fingerprint density at radius 2 is 1.81 bits per heavy atom. The zero-order valence-corrected chi connectivity index (χ0v) is 12.7. The summed E-state index contributed by atoms with van der Waals surface area (Å²) in [5.41, 5.74) is 0.926. The van der Waals surface area contributed by atoms with Gasteiger partial charge in [0.2, 0.25) is 0 Å². The van der Waals surface area contributed by atoms with Crippen molar-refractivity contribution in [2.24, 2.45) is 0 Å². The molecular weight excluding hydrogens is 284 g/mol. The highest BCUT2D eigenvalue weighted by molar-refractivity contribution is 8.00. The van der Waals surface area contributed by atoms with Gasteiger partial charge in [-0.05, 0) is 37.1 Å². The summed E-state index contributed by atoms with van der Waals surface area (Å²) in [6, 6.07) is 17.2. The summed E-state index contributed by atoms with van der Waals surface area (Å²) in [5.74, 6) is -0.0462. The molecule has 0 radical (unpaired) electrons. The molecule has 21 heavy (non-hydrogen) atoms. The highest BCUT2D eigenvalue weighted by Gasteiger charge is 2.21. The summed E-state index contributed by atoms with van der Waals surface area (Å²) in [4.78, 5) is 12.5. The number of carbonyl (C=O) groups is 1. The molecule has 3 nitrogen and oxygen atoms in total. The van der Waals surface area contributed by atoms with Crippen LogP contribution in [0.15, 0.2) is 59.5 Å². The predicted octanol–water partition coefficient (Wildman–Crippen LogP) is 3.87. The Bertz CT molecular complexity index is 584. The van der Waals surface area contributed by atoms with E-state index in [0.29, 0.717) is 13.0 Å². The molecule has 0 aliphatic heterocycles. The van der Waals surface area contributed by atoms with Gasteiger partial charge in [-0.2, -0.15) is 0 Å². The fraction of sp³-hybridized carbons (Fsp3) is 0.235. The molecule has 0 amide bonds. The highest BCUT2D eigenvalue weighted by atomic mass is 32.2. The van der Waals surface area contributed by atoms with Gasteiger partial charge in [-0.15, -0.1) is 11.8 Å². The molecule has 0 saturated heterocycles. The van der Waals surface area contributed by atoms with Gasteiger partial charge in [-0.3, -0.25) is 4.79 Å². The molecule has 4 heteroatoms. The van der Waals surface area contributed by atoms with Gasteiger partial charge in [-0.25, -0.2) is 0 Å². The first-order valence-electron chi connectivity index (χ1n) is 6.86. The Balaban J connectivity index is 2.15. The molecule has 2 aromatic rings. The lowest BCUT2D eigenvalue weighted by Gasteiger charge is -2.15. The van der Waals surface area contributed by atoms with E-state index in [2.05, 4.69) is 0 Å². The van der Waals surface area contributed by atoms with E-state index in [1.165, 1.54) is 11.8 Å². The van der Waals surface area contributed by atoms with Crippen LogP contribution in [0.3, 0.4) is 0 Å². The zero-order chi connectivity index (χ0) is 15.1. The number of hydrogen-bond donors (Lipinski definition) is 1. The van der Waals surface area contributed by atoms with E-state index in [1.54, 1.807) is 0 Å². The molecule has 0 heterocycles. The largest absolute Gasteiger partial charge is 0.494 e. The minimum atomic E-state index is -0.810. The Morgan fingerprint density at radius 3 is 2.48 bits per heavy atom. The minimum Gasteiger partial charge on any atom is -0.494 e. The average Bonchev–Trinajstić information content (AvgIpc) is 2.49. The Morgan fingerprint density at radius 1 is 1.14 bits per heavy atom. The first-order valence-corrected chi connectivity index (χ1v) is 7.74. The number of ether oxygens (including phenoxy) is 1. The third-order valence-electron chi connectivity index (χ3n) is 2.97. The van der Waals surface area contributed by atoms with Crippen molar-refractivity contribution in [1.82, 2.24) is 0 Å². The van der Waals surface area contributed by atoms with Crippen molar-refractivity contribution in [2.75, 3.05) is 6.61 Å². The topological polar surface area (TPSA) is 46.5 Å². The zero-order valence-electron chi connectivity index (χ0n) is 11.9. The van der Waals surface area contributed by atoms with Crippen molar-refractivity contribution in [3.05, 3.63) is 60.2 Å². The van der Waals surface area contributed by atoms with Crippen LogP contribution in [0, 0.1) is 0 Å². The molecule has 0 saturated carbocycles. The number of para-hydroxylation sites is 1. The Kier molecular flexibility index (Phi) is 5.69. The first-order chi connectivity index (χ1) is 10.2. The van der Waals surface area contributed by atoms with Gasteiger partial charge in [0.25, 0.3) is 0 Å². The van der Waals surface area contributed by atoms with Gasteiger partial charge in [-0.1, -0.05) is 36.4 Å². The van der Waals surface area contributed by atoms with Gasteiger partial charge in [0, 0.05) is 4.90 Å². The Hall–Kier alpha value is -1.94. The third kappa shape index (κ3) is 4.53. The highest BCUT2D eigenvalue weighted by Crippen LogP contribution is 2.29. The summed E-state index contributed by atoms with van der Waals surface area (Å²) in [6.07, 6.45) is 0.436. The van der Waals surface area contributed by atoms with Crippen LogP contribution in [-0.2, 0) is 11.2 Å². The van der Waals surface area contributed by atoms with E-state index in [0.717, 1.165) is 16.2 Å². The van der Waals surface area contributed by atoms with Crippen molar-refractivity contribution in [2.45, 2.75) is 23.5 Å². The Labute approximate surface area is 129 Å². The van der Waals surface area contributed by atoms with Crippen molar-refractivity contribution < 1.29 is 14.6 Å².